The third-order valence-corrected chi connectivity index (χ3v) is 5.20. The van der Waals surface area contributed by atoms with E-state index in [0.29, 0.717) is 17.4 Å². The predicted octanol–water partition coefficient (Wildman–Crippen LogP) is 2.21. The molecule has 2 aromatic carbocycles. The molecular formula is C22H24N6O2. The molecule has 1 amide bonds. The molecule has 0 atom stereocenters. The first kappa shape index (κ1) is 19.8. The van der Waals surface area contributed by atoms with Crippen LogP contribution in [0.5, 0.6) is 0 Å². The van der Waals surface area contributed by atoms with E-state index >= 15 is 0 Å². The van der Waals surface area contributed by atoms with Gasteiger partial charge in [0, 0.05) is 20.0 Å². The average molecular weight is 404 g/mol. The van der Waals surface area contributed by atoms with Crippen molar-refractivity contribution in [1.29, 1.82) is 0 Å². The van der Waals surface area contributed by atoms with E-state index in [9.17, 15) is 9.59 Å². The highest BCUT2D eigenvalue weighted by molar-refractivity contribution is 5.78. The lowest BCUT2D eigenvalue weighted by atomic mass is 10.2. The molecule has 0 fully saturated rings. The molecule has 0 aliphatic carbocycles. The number of benzene rings is 2. The summed E-state index contributed by atoms with van der Waals surface area (Å²) < 4.78 is 3.24. The highest BCUT2D eigenvalue weighted by atomic mass is 16.2. The van der Waals surface area contributed by atoms with E-state index in [1.165, 1.54) is 0 Å². The molecule has 8 heteroatoms. The van der Waals surface area contributed by atoms with Crippen LogP contribution in [-0.4, -0.2) is 37.0 Å². The van der Waals surface area contributed by atoms with Gasteiger partial charge in [0.05, 0.1) is 16.4 Å². The van der Waals surface area contributed by atoms with Crippen LogP contribution in [0.1, 0.15) is 25.1 Å². The van der Waals surface area contributed by atoms with Gasteiger partial charge in [-0.15, -0.1) is 5.10 Å². The van der Waals surface area contributed by atoms with Crippen LogP contribution in [0.15, 0.2) is 53.3 Å². The first-order valence-corrected chi connectivity index (χ1v) is 10.1. The topological polar surface area (TPSA) is 94.7 Å². The molecule has 0 saturated heterocycles. The molecule has 0 unspecified atom stereocenters. The Balaban J connectivity index is 1.21. The fourth-order valence-corrected chi connectivity index (χ4v) is 3.55. The summed E-state index contributed by atoms with van der Waals surface area (Å²) in [6, 6.07) is 15.1. The highest BCUT2D eigenvalue weighted by Gasteiger charge is 2.09. The molecular weight excluding hydrogens is 380 g/mol. The molecule has 8 nitrogen and oxygen atoms in total. The maximum atomic E-state index is 12.4. The minimum Gasteiger partial charge on any atom is -0.354 e. The Morgan fingerprint density at radius 2 is 1.77 bits per heavy atom. The Hall–Kier alpha value is -3.55. The van der Waals surface area contributed by atoms with Crippen LogP contribution in [0.2, 0.25) is 0 Å². The largest absolute Gasteiger partial charge is 0.354 e. The van der Waals surface area contributed by atoms with Crippen LogP contribution in [0.3, 0.4) is 0 Å². The van der Waals surface area contributed by atoms with Crippen LogP contribution in [-0.2, 0) is 24.8 Å². The zero-order valence-electron chi connectivity index (χ0n) is 16.9. The molecule has 2 aromatic heterocycles. The maximum absolute atomic E-state index is 12.4. The normalized spacial score (nSPS) is 11.2. The number of hydrogen-bond donors (Lipinski definition) is 1. The average Bonchev–Trinajstić information content (AvgIpc) is 3.08. The van der Waals surface area contributed by atoms with Crippen molar-refractivity contribution in [2.45, 2.75) is 32.2 Å². The first-order chi connectivity index (χ1) is 14.6. The fourth-order valence-electron chi connectivity index (χ4n) is 3.55. The van der Waals surface area contributed by atoms with Gasteiger partial charge in [0.25, 0.3) is 5.56 Å². The second-order valence-electron chi connectivity index (χ2n) is 7.31. The fraction of sp³-hybridized carbons (Fsp3) is 0.318. The van der Waals surface area contributed by atoms with Gasteiger partial charge in [0.15, 0.2) is 0 Å². The molecule has 154 valence electrons. The van der Waals surface area contributed by atoms with Crippen LogP contribution >= 0.6 is 0 Å². The molecule has 0 radical (unpaired) electrons. The Bertz CT molecular complexity index is 1240. The number of nitrogens with one attached hydrogen (secondary N) is 1. The van der Waals surface area contributed by atoms with Crippen molar-refractivity contribution in [1.82, 2.24) is 29.9 Å². The van der Waals surface area contributed by atoms with Gasteiger partial charge in [-0.25, -0.2) is 9.67 Å². The number of aryl methyl sites for hydroxylation is 2. The van der Waals surface area contributed by atoms with Gasteiger partial charge in [0.1, 0.15) is 17.9 Å². The van der Waals surface area contributed by atoms with E-state index in [-0.39, 0.29) is 18.0 Å². The molecule has 0 aliphatic rings. The number of imidazole rings is 1. The molecule has 0 spiro atoms. The monoisotopic (exact) mass is 404 g/mol. The van der Waals surface area contributed by atoms with Gasteiger partial charge in [-0.05, 0) is 37.1 Å². The second kappa shape index (κ2) is 8.86. The number of nitrogens with zero attached hydrogens (tertiary/aromatic N) is 5. The van der Waals surface area contributed by atoms with Crippen molar-refractivity contribution in [3.63, 3.8) is 0 Å². The van der Waals surface area contributed by atoms with Gasteiger partial charge in [-0.3, -0.25) is 9.59 Å². The lowest BCUT2D eigenvalue weighted by Gasteiger charge is -2.07. The predicted molar refractivity (Wildman–Crippen MR) is 115 cm³/mol. The molecule has 0 saturated carbocycles. The number of hydrogen-bond acceptors (Lipinski definition) is 5. The Labute approximate surface area is 173 Å². The Morgan fingerprint density at radius 1 is 1.00 bits per heavy atom. The van der Waals surface area contributed by atoms with Crippen LogP contribution < -0.4 is 10.9 Å². The first-order valence-electron chi connectivity index (χ1n) is 10.1. The van der Waals surface area contributed by atoms with Gasteiger partial charge >= 0.3 is 0 Å². The number of fused-ring (bicyclic) bond motifs is 2. The lowest BCUT2D eigenvalue weighted by Crippen LogP contribution is -2.34. The minimum absolute atomic E-state index is 0.128. The number of amides is 1. The Kier molecular flexibility index (Phi) is 5.83. The van der Waals surface area contributed by atoms with E-state index in [0.717, 1.165) is 47.2 Å². The molecule has 4 aromatic rings. The van der Waals surface area contributed by atoms with Gasteiger partial charge < -0.3 is 9.88 Å². The number of aromatic nitrogens is 5. The van der Waals surface area contributed by atoms with E-state index in [1.807, 2.05) is 25.2 Å². The second-order valence-corrected chi connectivity index (χ2v) is 7.31. The van der Waals surface area contributed by atoms with Crippen molar-refractivity contribution in [2.75, 3.05) is 6.54 Å². The van der Waals surface area contributed by atoms with E-state index in [2.05, 4.69) is 31.2 Å². The zero-order valence-corrected chi connectivity index (χ0v) is 16.9. The van der Waals surface area contributed by atoms with Gasteiger partial charge in [0.2, 0.25) is 5.91 Å². The van der Waals surface area contributed by atoms with Crippen LogP contribution in [0, 0.1) is 0 Å². The number of unbranched alkanes of at least 4 members (excludes halogenated alkanes) is 2. The smallest absolute Gasteiger partial charge is 0.278 e. The highest BCUT2D eigenvalue weighted by Crippen LogP contribution is 2.15. The summed E-state index contributed by atoms with van der Waals surface area (Å²) in [7, 11) is 2.04. The minimum atomic E-state index is -0.307. The number of carbonyl (C=O) groups is 1. The zero-order chi connectivity index (χ0) is 20.9. The van der Waals surface area contributed by atoms with Crippen molar-refractivity contribution in [3.05, 3.63) is 64.7 Å². The molecule has 1 N–H and O–H groups in total. The molecule has 0 bridgehead atoms. The summed E-state index contributed by atoms with van der Waals surface area (Å²) in [5.74, 6) is 0.839. The summed E-state index contributed by atoms with van der Waals surface area (Å²) in [4.78, 5) is 29.2. The van der Waals surface area contributed by atoms with Crippen molar-refractivity contribution >= 4 is 27.8 Å². The number of rotatable bonds is 8. The van der Waals surface area contributed by atoms with Crippen LogP contribution in [0.25, 0.3) is 21.9 Å². The molecule has 0 aliphatic heterocycles. The molecule has 2 heterocycles. The number of carbonyl (C=O) groups excluding carboxylic acids is 1. The summed E-state index contributed by atoms with van der Waals surface area (Å²) in [6.45, 7) is 0.438. The third kappa shape index (κ3) is 4.22. The summed E-state index contributed by atoms with van der Waals surface area (Å²) >= 11 is 0. The van der Waals surface area contributed by atoms with Crippen molar-refractivity contribution < 1.29 is 4.79 Å². The molecule has 4 rings (SSSR count). The Morgan fingerprint density at radius 3 is 2.60 bits per heavy atom. The summed E-state index contributed by atoms with van der Waals surface area (Å²) in [5, 5.41) is 11.2. The van der Waals surface area contributed by atoms with Gasteiger partial charge in [-0.2, -0.15) is 0 Å². The lowest BCUT2D eigenvalue weighted by molar-refractivity contribution is -0.121. The van der Waals surface area contributed by atoms with Crippen molar-refractivity contribution in [3.8, 4) is 0 Å². The summed E-state index contributed by atoms with van der Waals surface area (Å²) in [6.07, 6.45) is 3.76. The molecule has 30 heavy (non-hydrogen) atoms. The SMILES string of the molecule is Cn1c(CCCCCNC(=O)Cn2nnc3ccccc3c2=O)nc2ccccc21. The van der Waals surface area contributed by atoms with E-state index in [4.69, 9.17) is 0 Å². The van der Waals surface area contributed by atoms with E-state index in [1.54, 1.807) is 24.3 Å². The maximum Gasteiger partial charge on any atom is 0.278 e. The number of para-hydroxylation sites is 2. The van der Waals surface area contributed by atoms with E-state index < -0.39 is 0 Å². The van der Waals surface area contributed by atoms with Crippen molar-refractivity contribution in [2.24, 2.45) is 7.05 Å². The quantitative estimate of drug-likeness (QED) is 0.454. The third-order valence-electron chi connectivity index (χ3n) is 5.20. The van der Waals surface area contributed by atoms with Gasteiger partial charge in [-0.1, -0.05) is 35.9 Å². The van der Waals surface area contributed by atoms with Crippen LogP contribution in [0.4, 0.5) is 0 Å². The summed E-state index contributed by atoms with van der Waals surface area (Å²) in [5.41, 5.74) is 2.39. The standard InChI is InChI=1S/C22H24N6O2/c1-27-19-12-7-6-11-18(19)24-20(27)13-3-2-8-14-23-21(29)15-28-22(30)16-9-4-5-10-17(16)25-26-28/h4-7,9-12H,2-3,8,13-15H2,1H3,(H,23,29).